The van der Waals surface area contributed by atoms with E-state index in [0.717, 1.165) is 24.6 Å². The summed E-state index contributed by atoms with van der Waals surface area (Å²) in [6, 6.07) is 6.06. The van der Waals surface area contributed by atoms with Crippen LogP contribution in [-0.4, -0.2) is 31.8 Å². The largest absolute Gasteiger partial charge is 0.493 e. The van der Waals surface area contributed by atoms with Crippen molar-refractivity contribution >= 4 is 11.8 Å². The third kappa shape index (κ3) is 4.32. The first-order valence-electron chi connectivity index (χ1n) is 7.11. The van der Waals surface area contributed by atoms with Gasteiger partial charge in [-0.2, -0.15) is 11.8 Å². The van der Waals surface area contributed by atoms with E-state index >= 15 is 0 Å². The zero-order chi connectivity index (χ0) is 15.0. The summed E-state index contributed by atoms with van der Waals surface area (Å²) in [5.41, 5.74) is 1.21. The zero-order valence-corrected chi connectivity index (χ0v) is 14.1. The van der Waals surface area contributed by atoms with E-state index in [2.05, 4.69) is 31.5 Å². The quantitative estimate of drug-likeness (QED) is 0.752. The number of rotatable bonds is 9. The van der Waals surface area contributed by atoms with E-state index in [1.165, 1.54) is 18.4 Å². The highest BCUT2D eigenvalue weighted by Gasteiger charge is 2.23. The molecular weight excluding hydrogens is 270 g/mol. The molecule has 0 fully saturated rings. The van der Waals surface area contributed by atoms with E-state index in [1.54, 1.807) is 14.2 Å². The summed E-state index contributed by atoms with van der Waals surface area (Å²) >= 11 is 1.96. The molecule has 0 saturated heterocycles. The highest BCUT2D eigenvalue weighted by Crippen LogP contribution is 2.30. The Morgan fingerprint density at radius 3 is 2.25 bits per heavy atom. The fourth-order valence-corrected chi connectivity index (χ4v) is 3.11. The molecule has 1 N–H and O–H groups in total. The first kappa shape index (κ1) is 17.2. The van der Waals surface area contributed by atoms with E-state index in [-0.39, 0.29) is 0 Å². The highest BCUT2D eigenvalue weighted by molar-refractivity contribution is 8.00. The van der Waals surface area contributed by atoms with Gasteiger partial charge >= 0.3 is 0 Å². The summed E-state index contributed by atoms with van der Waals surface area (Å²) in [6.07, 6.45) is 4.57. The Labute approximate surface area is 127 Å². The monoisotopic (exact) mass is 297 g/mol. The van der Waals surface area contributed by atoms with E-state index < -0.39 is 0 Å². The predicted octanol–water partition coefficient (Wildman–Crippen LogP) is 3.72. The third-order valence-electron chi connectivity index (χ3n) is 3.95. The van der Waals surface area contributed by atoms with Crippen LogP contribution in [0.25, 0.3) is 0 Å². The van der Waals surface area contributed by atoms with Crippen molar-refractivity contribution in [3.05, 3.63) is 23.8 Å². The summed E-state index contributed by atoms with van der Waals surface area (Å²) in [5.74, 6) is 1.56. The van der Waals surface area contributed by atoms with Crippen LogP contribution < -0.4 is 14.8 Å². The van der Waals surface area contributed by atoms with Gasteiger partial charge in [0.1, 0.15) is 0 Å². The molecule has 4 heteroatoms. The second-order valence-corrected chi connectivity index (χ2v) is 6.16. The van der Waals surface area contributed by atoms with Crippen molar-refractivity contribution in [1.29, 1.82) is 0 Å². The molecule has 0 aliphatic heterocycles. The number of methoxy groups -OCH3 is 2. The first-order chi connectivity index (χ1) is 9.64. The van der Waals surface area contributed by atoms with Gasteiger partial charge in [0.25, 0.3) is 0 Å². The van der Waals surface area contributed by atoms with Gasteiger partial charge in [-0.05, 0) is 36.8 Å². The van der Waals surface area contributed by atoms with Crippen LogP contribution in [0.2, 0.25) is 0 Å². The lowest BCUT2D eigenvalue weighted by molar-refractivity contribution is 0.354. The molecule has 0 radical (unpaired) electrons. The Morgan fingerprint density at radius 1 is 1.10 bits per heavy atom. The van der Waals surface area contributed by atoms with Crippen molar-refractivity contribution in [1.82, 2.24) is 5.32 Å². The molecule has 0 aliphatic rings. The average Bonchev–Trinajstić information content (AvgIpc) is 2.51. The molecule has 0 atom stereocenters. The van der Waals surface area contributed by atoms with Gasteiger partial charge in [-0.3, -0.25) is 0 Å². The normalized spacial score (nSPS) is 11.4. The minimum Gasteiger partial charge on any atom is -0.493 e. The number of benzene rings is 1. The number of hydrogen-bond donors (Lipinski definition) is 1. The fourth-order valence-electron chi connectivity index (χ4n) is 2.29. The molecule has 0 unspecified atom stereocenters. The second-order valence-electron chi connectivity index (χ2n) is 4.89. The van der Waals surface area contributed by atoms with E-state index in [1.807, 2.05) is 23.9 Å². The lowest BCUT2D eigenvalue weighted by atomic mass is 10.0. The maximum atomic E-state index is 5.33. The number of thioether (sulfide) groups is 1. The minimum atomic E-state index is 0.344. The van der Waals surface area contributed by atoms with Gasteiger partial charge in [0.2, 0.25) is 0 Å². The second kappa shape index (κ2) is 8.42. The minimum absolute atomic E-state index is 0.344. The molecule has 0 bridgehead atoms. The van der Waals surface area contributed by atoms with Crippen LogP contribution in [-0.2, 0) is 6.54 Å². The van der Waals surface area contributed by atoms with Gasteiger partial charge in [-0.1, -0.05) is 19.9 Å². The summed E-state index contributed by atoms with van der Waals surface area (Å²) in [5, 5.41) is 3.57. The van der Waals surface area contributed by atoms with Gasteiger partial charge in [0.15, 0.2) is 11.5 Å². The molecule has 1 aromatic rings. The lowest BCUT2D eigenvalue weighted by Crippen LogP contribution is -2.36. The Hall–Kier alpha value is -0.870. The summed E-state index contributed by atoms with van der Waals surface area (Å²) in [7, 11) is 3.33. The summed E-state index contributed by atoms with van der Waals surface area (Å²) in [6.45, 7) is 6.40. The number of nitrogens with one attached hydrogen (secondary N) is 1. The maximum absolute atomic E-state index is 5.33. The topological polar surface area (TPSA) is 30.5 Å². The molecule has 0 aliphatic carbocycles. The SMILES string of the molecule is CCC(CC)(CNCc1ccc(OC)c(OC)c1)SC. The molecule has 0 aromatic heterocycles. The molecular formula is C16H27NO2S. The fraction of sp³-hybridized carbons (Fsp3) is 0.625. The van der Waals surface area contributed by atoms with Crippen LogP contribution in [0.4, 0.5) is 0 Å². The number of hydrogen-bond acceptors (Lipinski definition) is 4. The lowest BCUT2D eigenvalue weighted by Gasteiger charge is -2.30. The van der Waals surface area contributed by atoms with Crippen molar-refractivity contribution in [2.45, 2.75) is 38.0 Å². The van der Waals surface area contributed by atoms with Crippen molar-refractivity contribution in [3.8, 4) is 11.5 Å². The molecule has 1 aromatic carbocycles. The standard InChI is InChI=1S/C16H27NO2S/c1-6-16(7-2,20-5)12-17-11-13-8-9-14(18-3)15(10-13)19-4/h8-10,17H,6-7,11-12H2,1-5H3. The van der Waals surface area contributed by atoms with E-state index in [4.69, 9.17) is 9.47 Å². The molecule has 0 saturated carbocycles. The Kier molecular flexibility index (Phi) is 7.24. The molecule has 3 nitrogen and oxygen atoms in total. The highest BCUT2D eigenvalue weighted by atomic mass is 32.2. The van der Waals surface area contributed by atoms with Gasteiger partial charge in [0, 0.05) is 17.8 Å². The number of ether oxygens (including phenoxy) is 2. The van der Waals surface area contributed by atoms with Crippen molar-refractivity contribution in [3.63, 3.8) is 0 Å². The van der Waals surface area contributed by atoms with Crippen LogP contribution in [0.15, 0.2) is 18.2 Å². The molecule has 114 valence electrons. The van der Waals surface area contributed by atoms with Gasteiger partial charge in [-0.15, -0.1) is 0 Å². The molecule has 0 spiro atoms. The third-order valence-corrected chi connectivity index (χ3v) is 5.53. The van der Waals surface area contributed by atoms with Crippen LogP contribution in [0.1, 0.15) is 32.3 Å². The first-order valence-corrected chi connectivity index (χ1v) is 8.34. The molecule has 1 rings (SSSR count). The van der Waals surface area contributed by atoms with Gasteiger partial charge in [0.05, 0.1) is 14.2 Å². The summed E-state index contributed by atoms with van der Waals surface area (Å²) < 4.78 is 10.9. The molecule has 0 amide bonds. The van der Waals surface area contributed by atoms with E-state index in [9.17, 15) is 0 Å². The van der Waals surface area contributed by atoms with Gasteiger partial charge < -0.3 is 14.8 Å². The Balaban J connectivity index is 2.62. The van der Waals surface area contributed by atoms with Crippen LogP contribution in [0.5, 0.6) is 11.5 Å². The predicted molar refractivity (Wildman–Crippen MR) is 88.1 cm³/mol. The van der Waals surface area contributed by atoms with Gasteiger partial charge in [-0.25, -0.2) is 0 Å². The van der Waals surface area contributed by atoms with E-state index in [0.29, 0.717) is 4.75 Å². The van der Waals surface area contributed by atoms with Crippen molar-refractivity contribution < 1.29 is 9.47 Å². The smallest absolute Gasteiger partial charge is 0.161 e. The molecule has 0 heterocycles. The van der Waals surface area contributed by atoms with Crippen LogP contribution in [0, 0.1) is 0 Å². The van der Waals surface area contributed by atoms with Crippen LogP contribution >= 0.6 is 11.8 Å². The Bertz CT molecular complexity index is 397. The summed E-state index contributed by atoms with van der Waals surface area (Å²) in [4.78, 5) is 0. The average molecular weight is 297 g/mol. The van der Waals surface area contributed by atoms with Crippen molar-refractivity contribution in [2.24, 2.45) is 0 Å². The van der Waals surface area contributed by atoms with Crippen LogP contribution in [0.3, 0.4) is 0 Å². The molecule has 20 heavy (non-hydrogen) atoms. The Morgan fingerprint density at radius 2 is 1.75 bits per heavy atom. The van der Waals surface area contributed by atoms with Crippen molar-refractivity contribution in [2.75, 3.05) is 27.0 Å². The zero-order valence-electron chi connectivity index (χ0n) is 13.3. The maximum Gasteiger partial charge on any atom is 0.161 e.